The molecule has 0 unspecified atom stereocenters. The Labute approximate surface area is 115 Å². The van der Waals surface area contributed by atoms with E-state index in [0.29, 0.717) is 18.4 Å². The first-order chi connectivity index (χ1) is 9.47. The van der Waals surface area contributed by atoms with E-state index < -0.39 is 24.3 Å². The average molecular weight is 280 g/mol. The number of carbonyl (C=O) groups is 1. The van der Waals surface area contributed by atoms with Crippen molar-refractivity contribution < 1.29 is 30.0 Å². The van der Waals surface area contributed by atoms with Crippen molar-refractivity contribution in [2.24, 2.45) is 0 Å². The summed E-state index contributed by atoms with van der Waals surface area (Å²) in [5.41, 5.74) is 0.518. The lowest BCUT2D eigenvalue weighted by atomic mass is 10.2. The molecule has 20 heavy (non-hydrogen) atoms. The molecule has 0 radical (unpaired) electrons. The molecule has 0 amide bonds. The van der Waals surface area contributed by atoms with E-state index in [-0.39, 0.29) is 11.5 Å². The minimum absolute atomic E-state index is 0.243. The van der Waals surface area contributed by atoms with E-state index in [0.717, 1.165) is 6.08 Å². The van der Waals surface area contributed by atoms with Crippen molar-refractivity contribution in [3.63, 3.8) is 0 Å². The van der Waals surface area contributed by atoms with Crippen molar-refractivity contribution in [2.75, 3.05) is 0 Å². The number of rotatable bonds is 3. The van der Waals surface area contributed by atoms with Gasteiger partial charge in [0, 0.05) is 6.08 Å². The molecule has 6 nitrogen and oxygen atoms in total. The van der Waals surface area contributed by atoms with Crippen molar-refractivity contribution >= 4 is 12.0 Å². The number of hydrogen-bond donors (Lipinski definition) is 4. The summed E-state index contributed by atoms with van der Waals surface area (Å²) in [7, 11) is 0. The van der Waals surface area contributed by atoms with Gasteiger partial charge in [0.25, 0.3) is 0 Å². The molecule has 1 saturated carbocycles. The Kier molecular flexibility index (Phi) is 4.26. The van der Waals surface area contributed by atoms with Gasteiger partial charge >= 0.3 is 5.97 Å². The van der Waals surface area contributed by atoms with Crippen LogP contribution in [0, 0.1) is 0 Å². The van der Waals surface area contributed by atoms with Gasteiger partial charge in [-0.15, -0.1) is 0 Å². The summed E-state index contributed by atoms with van der Waals surface area (Å²) < 4.78 is 5.02. The predicted molar refractivity (Wildman–Crippen MR) is 69.9 cm³/mol. The first-order valence-electron chi connectivity index (χ1n) is 6.24. The molecule has 0 bridgehead atoms. The van der Waals surface area contributed by atoms with Crippen molar-refractivity contribution in [3.8, 4) is 11.5 Å². The molecular weight excluding hydrogens is 264 g/mol. The molecule has 1 aliphatic carbocycles. The van der Waals surface area contributed by atoms with E-state index in [2.05, 4.69) is 0 Å². The van der Waals surface area contributed by atoms with Gasteiger partial charge < -0.3 is 25.2 Å². The number of esters is 1. The van der Waals surface area contributed by atoms with Gasteiger partial charge in [-0.2, -0.15) is 0 Å². The van der Waals surface area contributed by atoms with Gasteiger partial charge in [0.1, 0.15) is 12.2 Å². The molecule has 4 N–H and O–H groups in total. The lowest BCUT2D eigenvalue weighted by Gasteiger charge is -2.15. The van der Waals surface area contributed by atoms with Gasteiger partial charge in [-0.3, -0.25) is 0 Å². The third kappa shape index (κ3) is 3.28. The first kappa shape index (κ1) is 14.4. The Hall–Kier alpha value is -2.05. The molecule has 6 heteroatoms. The monoisotopic (exact) mass is 280 g/mol. The molecule has 0 spiro atoms. The highest BCUT2D eigenvalue weighted by Crippen LogP contribution is 2.26. The Morgan fingerprint density at radius 2 is 1.95 bits per heavy atom. The number of phenolic OH excluding ortho intramolecular Hbond substituents is 2. The number of ether oxygens (including phenoxy) is 1. The van der Waals surface area contributed by atoms with Crippen LogP contribution in [-0.4, -0.2) is 44.7 Å². The summed E-state index contributed by atoms with van der Waals surface area (Å²) in [4.78, 5) is 11.6. The maximum absolute atomic E-state index is 11.6. The van der Waals surface area contributed by atoms with Crippen LogP contribution in [0.1, 0.15) is 18.4 Å². The van der Waals surface area contributed by atoms with Crippen molar-refractivity contribution in [2.45, 2.75) is 31.2 Å². The van der Waals surface area contributed by atoms with Crippen LogP contribution >= 0.6 is 0 Å². The Morgan fingerprint density at radius 3 is 2.55 bits per heavy atom. The fourth-order valence-electron chi connectivity index (χ4n) is 2.05. The van der Waals surface area contributed by atoms with Crippen molar-refractivity contribution in [3.05, 3.63) is 29.8 Å². The van der Waals surface area contributed by atoms with Crippen LogP contribution < -0.4 is 0 Å². The van der Waals surface area contributed by atoms with Crippen molar-refractivity contribution in [1.82, 2.24) is 0 Å². The van der Waals surface area contributed by atoms with E-state index in [4.69, 9.17) is 9.84 Å². The topological polar surface area (TPSA) is 107 Å². The van der Waals surface area contributed by atoms with Crippen molar-refractivity contribution in [1.29, 1.82) is 0 Å². The van der Waals surface area contributed by atoms with Crippen LogP contribution in [0.15, 0.2) is 24.3 Å². The van der Waals surface area contributed by atoms with Gasteiger partial charge in [-0.1, -0.05) is 6.07 Å². The average Bonchev–Trinajstić information content (AvgIpc) is 2.72. The molecule has 1 aromatic carbocycles. The van der Waals surface area contributed by atoms with E-state index in [9.17, 15) is 20.1 Å². The van der Waals surface area contributed by atoms with Crippen LogP contribution in [-0.2, 0) is 9.53 Å². The van der Waals surface area contributed by atoms with Crippen LogP contribution in [0.2, 0.25) is 0 Å². The molecule has 2 rings (SSSR count). The normalized spacial score (nSPS) is 26.0. The van der Waals surface area contributed by atoms with Crippen LogP contribution in [0.5, 0.6) is 11.5 Å². The Morgan fingerprint density at radius 1 is 1.20 bits per heavy atom. The third-order valence-electron chi connectivity index (χ3n) is 3.20. The Bertz CT molecular complexity index is 524. The molecule has 0 heterocycles. The van der Waals surface area contributed by atoms with Crippen LogP contribution in [0.3, 0.4) is 0 Å². The van der Waals surface area contributed by atoms with E-state index >= 15 is 0 Å². The second-order valence-electron chi connectivity index (χ2n) is 4.69. The van der Waals surface area contributed by atoms with Gasteiger partial charge in [-0.05, 0) is 36.6 Å². The van der Waals surface area contributed by atoms with Crippen LogP contribution in [0.4, 0.5) is 0 Å². The Balaban J connectivity index is 1.94. The predicted octanol–water partition coefficient (Wildman–Crippen LogP) is 0.538. The highest BCUT2D eigenvalue weighted by atomic mass is 16.6. The summed E-state index contributed by atoms with van der Waals surface area (Å²) in [6, 6.07) is 4.12. The standard InChI is InChI=1S/C14H16O6/c15-9-3-1-8(7-11(9)17)2-6-13(18)20-12-5-4-10(16)14(12)19/h1-3,6-7,10,12,14-17,19H,4-5H2/t10-,12-,14-/m1/s1. The summed E-state index contributed by atoms with van der Waals surface area (Å²) in [6.45, 7) is 0. The zero-order valence-corrected chi connectivity index (χ0v) is 10.6. The molecule has 0 aromatic heterocycles. The number of aliphatic hydroxyl groups is 2. The maximum Gasteiger partial charge on any atom is 0.331 e. The summed E-state index contributed by atoms with van der Waals surface area (Å²) in [5, 5.41) is 37.3. The largest absolute Gasteiger partial charge is 0.504 e. The quantitative estimate of drug-likeness (QED) is 0.366. The number of aromatic hydroxyl groups is 2. The number of benzene rings is 1. The highest BCUT2D eigenvalue weighted by molar-refractivity contribution is 5.87. The maximum atomic E-state index is 11.6. The summed E-state index contributed by atoms with van der Waals surface area (Å²) >= 11 is 0. The first-order valence-corrected chi connectivity index (χ1v) is 6.24. The molecule has 1 aromatic rings. The molecular formula is C14H16O6. The lowest BCUT2D eigenvalue weighted by Crippen LogP contribution is -2.32. The van der Waals surface area contributed by atoms with E-state index in [1.807, 2.05) is 0 Å². The molecule has 108 valence electrons. The molecule has 0 aliphatic heterocycles. The highest BCUT2D eigenvalue weighted by Gasteiger charge is 2.35. The fourth-order valence-corrected chi connectivity index (χ4v) is 2.05. The summed E-state index contributed by atoms with van der Waals surface area (Å²) in [5.74, 6) is -1.17. The zero-order valence-electron chi connectivity index (χ0n) is 10.6. The number of aliphatic hydroxyl groups excluding tert-OH is 2. The minimum atomic E-state index is -1.05. The van der Waals surface area contributed by atoms with Gasteiger partial charge in [0.2, 0.25) is 0 Å². The number of phenols is 2. The smallest absolute Gasteiger partial charge is 0.331 e. The molecule has 1 aliphatic rings. The minimum Gasteiger partial charge on any atom is -0.504 e. The van der Waals surface area contributed by atoms with Gasteiger partial charge in [0.15, 0.2) is 11.5 Å². The third-order valence-corrected chi connectivity index (χ3v) is 3.20. The molecule has 3 atom stereocenters. The molecule has 0 saturated heterocycles. The van der Waals surface area contributed by atoms with Gasteiger partial charge in [-0.25, -0.2) is 4.79 Å². The second kappa shape index (κ2) is 5.94. The zero-order chi connectivity index (χ0) is 14.7. The SMILES string of the molecule is O=C(C=Cc1ccc(O)c(O)c1)O[C@@H]1CC[C@@H](O)[C@H]1O. The van der Waals surface area contributed by atoms with Crippen LogP contribution in [0.25, 0.3) is 6.08 Å². The summed E-state index contributed by atoms with van der Waals surface area (Å²) in [6.07, 6.45) is 0.783. The molecule has 1 fully saturated rings. The van der Waals surface area contributed by atoms with E-state index in [1.54, 1.807) is 0 Å². The second-order valence-corrected chi connectivity index (χ2v) is 4.69. The fraction of sp³-hybridized carbons (Fsp3) is 0.357. The van der Waals surface area contributed by atoms with E-state index in [1.165, 1.54) is 24.3 Å². The number of carbonyl (C=O) groups excluding carboxylic acids is 1. The van der Waals surface area contributed by atoms with Gasteiger partial charge in [0.05, 0.1) is 6.10 Å². The number of hydrogen-bond acceptors (Lipinski definition) is 6. The lowest BCUT2D eigenvalue weighted by molar-refractivity contribution is -0.148.